The Balaban J connectivity index is 2.15. The smallest absolute Gasteiger partial charge is 0.159 e. The molecule has 0 aliphatic rings. The second kappa shape index (κ2) is 5.47. The van der Waals surface area contributed by atoms with Gasteiger partial charge in [0.2, 0.25) is 0 Å². The summed E-state index contributed by atoms with van der Waals surface area (Å²) in [7, 11) is 0. The van der Waals surface area contributed by atoms with Crippen LogP contribution in [0.4, 0.5) is 8.78 Å². The van der Waals surface area contributed by atoms with Gasteiger partial charge in [0.25, 0.3) is 0 Å². The highest BCUT2D eigenvalue weighted by Gasteiger charge is 2.14. The van der Waals surface area contributed by atoms with Crippen molar-refractivity contribution in [3.05, 3.63) is 55.7 Å². The summed E-state index contributed by atoms with van der Waals surface area (Å²) < 4.78 is 26.8. The van der Waals surface area contributed by atoms with Crippen LogP contribution in [0, 0.1) is 18.6 Å². The van der Waals surface area contributed by atoms with Gasteiger partial charge in [-0.15, -0.1) is 11.3 Å². The molecule has 2 rings (SSSR count). The molecule has 0 radical (unpaired) electrons. The lowest BCUT2D eigenvalue weighted by atomic mass is 10.1. The van der Waals surface area contributed by atoms with Crippen LogP contribution in [-0.2, 0) is 6.42 Å². The van der Waals surface area contributed by atoms with Crippen LogP contribution in [0.2, 0.25) is 0 Å². The van der Waals surface area contributed by atoms with Crippen molar-refractivity contribution < 1.29 is 13.9 Å². The molecule has 1 atom stereocenters. The third-order valence-electron chi connectivity index (χ3n) is 2.62. The number of hydrogen-bond donors (Lipinski definition) is 1. The summed E-state index contributed by atoms with van der Waals surface area (Å²) in [4.78, 5) is 1.89. The van der Waals surface area contributed by atoms with Gasteiger partial charge in [-0.05, 0) is 46.6 Å². The standard InChI is InChI=1S/C13H11BrF2OS/c1-7-9(14)6-13(18-7)12(17)5-8-2-3-10(15)11(16)4-8/h2-4,6,12,17H,5H2,1H3. The Hall–Kier alpha value is -0.780. The van der Waals surface area contributed by atoms with Gasteiger partial charge in [0.15, 0.2) is 11.6 Å². The summed E-state index contributed by atoms with van der Waals surface area (Å²) >= 11 is 4.87. The number of halogens is 3. The second-order valence-electron chi connectivity index (χ2n) is 4.02. The van der Waals surface area contributed by atoms with Gasteiger partial charge >= 0.3 is 0 Å². The zero-order chi connectivity index (χ0) is 13.3. The molecule has 1 unspecified atom stereocenters. The maximum Gasteiger partial charge on any atom is 0.159 e. The Kier molecular flexibility index (Phi) is 4.14. The van der Waals surface area contributed by atoms with E-state index >= 15 is 0 Å². The average Bonchev–Trinajstić information content (AvgIpc) is 2.65. The van der Waals surface area contributed by atoms with Gasteiger partial charge < -0.3 is 5.11 Å². The topological polar surface area (TPSA) is 20.2 Å². The average molecular weight is 333 g/mol. The van der Waals surface area contributed by atoms with Gasteiger partial charge in [0, 0.05) is 20.6 Å². The largest absolute Gasteiger partial charge is 0.387 e. The fourth-order valence-electron chi connectivity index (χ4n) is 1.64. The molecule has 0 spiro atoms. The van der Waals surface area contributed by atoms with Crippen LogP contribution in [0.15, 0.2) is 28.7 Å². The molecule has 0 aliphatic carbocycles. The highest BCUT2D eigenvalue weighted by molar-refractivity contribution is 9.10. The molecular formula is C13H11BrF2OS. The van der Waals surface area contributed by atoms with Gasteiger partial charge in [-0.25, -0.2) is 8.78 Å². The lowest BCUT2D eigenvalue weighted by molar-refractivity contribution is 0.182. The number of rotatable bonds is 3. The summed E-state index contributed by atoms with van der Waals surface area (Å²) in [5.41, 5.74) is 0.573. The molecule has 0 saturated carbocycles. The van der Waals surface area contributed by atoms with E-state index in [-0.39, 0.29) is 6.42 Å². The van der Waals surface area contributed by atoms with E-state index in [0.29, 0.717) is 5.56 Å². The highest BCUT2D eigenvalue weighted by atomic mass is 79.9. The number of benzene rings is 1. The predicted molar refractivity (Wildman–Crippen MR) is 71.8 cm³/mol. The van der Waals surface area contributed by atoms with Crippen molar-refractivity contribution in [1.29, 1.82) is 0 Å². The van der Waals surface area contributed by atoms with E-state index in [0.717, 1.165) is 26.4 Å². The lowest BCUT2D eigenvalue weighted by Gasteiger charge is -2.08. The minimum Gasteiger partial charge on any atom is -0.387 e. The lowest BCUT2D eigenvalue weighted by Crippen LogP contribution is -2.00. The molecule has 1 N–H and O–H groups in total. The minimum atomic E-state index is -0.886. The molecular weight excluding hydrogens is 322 g/mol. The Morgan fingerprint density at radius 2 is 2.00 bits per heavy atom. The number of aliphatic hydroxyl groups is 1. The number of aryl methyl sites for hydroxylation is 1. The Morgan fingerprint density at radius 1 is 1.28 bits per heavy atom. The van der Waals surface area contributed by atoms with Gasteiger partial charge in [-0.2, -0.15) is 0 Å². The van der Waals surface area contributed by atoms with Crippen LogP contribution in [0.3, 0.4) is 0 Å². The molecule has 0 fully saturated rings. The SMILES string of the molecule is Cc1sc(C(O)Cc2ccc(F)c(F)c2)cc1Br. The molecule has 18 heavy (non-hydrogen) atoms. The first kappa shape index (κ1) is 13.6. The summed E-state index contributed by atoms with van der Waals surface area (Å²) in [6, 6.07) is 5.53. The minimum absolute atomic E-state index is 0.267. The first-order valence-electron chi connectivity index (χ1n) is 5.35. The Labute approximate surface area is 116 Å². The third-order valence-corrected chi connectivity index (χ3v) is 4.86. The number of thiophene rings is 1. The van der Waals surface area contributed by atoms with Crippen LogP contribution < -0.4 is 0 Å². The summed E-state index contributed by atoms with van der Waals surface area (Å²) in [6.45, 7) is 1.95. The predicted octanol–water partition coefficient (Wildman–Crippen LogP) is 4.37. The zero-order valence-electron chi connectivity index (χ0n) is 9.58. The molecule has 1 aromatic carbocycles. The van der Waals surface area contributed by atoms with Crippen LogP contribution >= 0.6 is 27.3 Å². The van der Waals surface area contributed by atoms with Crippen molar-refractivity contribution in [3.63, 3.8) is 0 Å². The maximum atomic E-state index is 13.0. The van der Waals surface area contributed by atoms with Gasteiger partial charge in [0.1, 0.15) is 0 Å². The molecule has 0 bridgehead atoms. The quantitative estimate of drug-likeness (QED) is 0.884. The first-order chi connectivity index (χ1) is 8.47. The second-order valence-corrected chi connectivity index (χ2v) is 6.16. The normalized spacial score (nSPS) is 12.7. The first-order valence-corrected chi connectivity index (χ1v) is 6.96. The molecule has 0 saturated heterocycles. The van der Waals surface area contributed by atoms with E-state index in [1.807, 2.05) is 13.0 Å². The van der Waals surface area contributed by atoms with Crippen molar-refractivity contribution in [3.8, 4) is 0 Å². The summed E-state index contributed by atoms with van der Waals surface area (Å²) in [6.07, 6.45) is -0.436. The van der Waals surface area contributed by atoms with E-state index in [1.54, 1.807) is 0 Å². The van der Waals surface area contributed by atoms with E-state index in [9.17, 15) is 13.9 Å². The van der Waals surface area contributed by atoms with Crippen LogP contribution in [0.5, 0.6) is 0 Å². The molecule has 96 valence electrons. The van der Waals surface area contributed by atoms with Crippen LogP contribution in [0.25, 0.3) is 0 Å². The monoisotopic (exact) mass is 332 g/mol. The van der Waals surface area contributed by atoms with Crippen LogP contribution in [-0.4, -0.2) is 5.11 Å². The van der Waals surface area contributed by atoms with Crippen molar-refractivity contribution in [1.82, 2.24) is 0 Å². The van der Waals surface area contributed by atoms with Crippen molar-refractivity contribution in [2.75, 3.05) is 0 Å². The highest BCUT2D eigenvalue weighted by Crippen LogP contribution is 2.32. The third kappa shape index (κ3) is 2.96. The van der Waals surface area contributed by atoms with Crippen molar-refractivity contribution in [2.45, 2.75) is 19.4 Å². The van der Waals surface area contributed by atoms with Gasteiger partial charge in [-0.1, -0.05) is 6.07 Å². The molecule has 1 heterocycles. The molecule has 5 heteroatoms. The fraction of sp³-hybridized carbons (Fsp3) is 0.231. The van der Waals surface area contributed by atoms with Gasteiger partial charge in [-0.3, -0.25) is 0 Å². The van der Waals surface area contributed by atoms with E-state index in [4.69, 9.17) is 0 Å². The van der Waals surface area contributed by atoms with Gasteiger partial charge in [0.05, 0.1) is 6.10 Å². The molecule has 1 aromatic heterocycles. The Morgan fingerprint density at radius 3 is 2.56 bits per heavy atom. The van der Waals surface area contributed by atoms with E-state index < -0.39 is 17.7 Å². The van der Waals surface area contributed by atoms with E-state index in [2.05, 4.69) is 15.9 Å². The summed E-state index contributed by atoms with van der Waals surface area (Å²) in [5, 5.41) is 10.0. The molecule has 0 aliphatic heterocycles. The van der Waals surface area contributed by atoms with Crippen molar-refractivity contribution in [2.24, 2.45) is 0 Å². The molecule has 0 amide bonds. The summed E-state index contributed by atoms with van der Waals surface area (Å²) in [5.74, 6) is -1.76. The molecule has 1 nitrogen and oxygen atoms in total. The maximum absolute atomic E-state index is 13.0. The Bertz CT molecular complexity index is 549. The van der Waals surface area contributed by atoms with Crippen LogP contribution in [0.1, 0.15) is 21.4 Å². The number of aliphatic hydroxyl groups excluding tert-OH is 1. The molecule has 2 aromatic rings. The fourth-order valence-corrected chi connectivity index (χ4v) is 3.18. The van der Waals surface area contributed by atoms with E-state index in [1.165, 1.54) is 17.4 Å². The van der Waals surface area contributed by atoms with Crippen molar-refractivity contribution >= 4 is 27.3 Å². The zero-order valence-corrected chi connectivity index (χ0v) is 12.0. The number of hydrogen-bond acceptors (Lipinski definition) is 2.